The van der Waals surface area contributed by atoms with E-state index in [9.17, 15) is 5.11 Å². The molecule has 4 nitrogen and oxygen atoms in total. The third-order valence-corrected chi connectivity index (χ3v) is 3.61. The minimum absolute atomic E-state index is 0.145. The van der Waals surface area contributed by atoms with E-state index >= 15 is 0 Å². The fourth-order valence-electron chi connectivity index (χ4n) is 2.15. The molecule has 1 heterocycles. The second kappa shape index (κ2) is 8.35. The Morgan fingerprint density at radius 3 is 2.58 bits per heavy atom. The van der Waals surface area contributed by atoms with Gasteiger partial charge in [-0.2, -0.15) is 0 Å². The van der Waals surface area contributed by atoms with Gasteiger partial charge in [-0.1, -0.05) is 25.4 Å². The van der Waals surface area contributed by atoms with Gasteiger partial charge in [0.1, 0.15) is 5.82 Å². The molecule has 108 valence electrons. The maximum atomic E-state index is 9.26. The zero-order valence-corrected chi connectivity index (χ0v) is 12.7. The van der Waals surface area contributed by atoms with Gasteiger partial charge >= 0.3 is 0 Å². The zero-order chi connectivity index (χ0) is 14.3. The number of halogens is 1. The van der Waals surface area contributed by atoms with Crippen molar-refractivity contribution in [2.75, 3.05) is 25.2 Å². The van der Waals surface area contributed by atoms with Gasteiger partial charge in [-0.3, -0.25) is 0 Å². The fourth-order valence-corrected chi connectivity index (χ4v) is 2.31. The SMILES string of the molecule is CCC(CC)N(CCOC)c1ccc(Cl)c(CO)n1. The molecule has 1 aromatic heterocycles. The molecule has 0 fully saturated rings. The lowest BCUT2D eigenvalue weighted by Crippen LogP contribution is -2.37. The summed E-state index contributed by atoms with van der Waals surface area (Å²) in [6.45, 7) is 5.61. The molecule has 0 atom stereocenters. The summed E-state index contributed by atoms with van der Waals surface area (Å²) in [7, 11) is 1.69. The van der Waals surface area contributed by atoms with Crippen LogP contribution in [0.2, 0.25) is 5.02 Å². The summed E-state index contributed by atoms with van der Waals surface area (Å²) >= 11 is 5.99. The molecule has 0 unspecified atom stereocenters. The lowest BCUT2D eigenvalue weighted by Gasteiger charge is -2.31. The smallest absolute Gasteiger partial charge is 0.129 e. The molecule has 0 bridgehead atoms. The molecule has 0 aliphatic carbocycles. The number of hydrogen-bond acceptors (Lipinski definition) is 4. The average Bonchev–Trinajstić information content (AvgIpc) is 2.44. The molecular formula is C14H23ClN2O2. The van der Waals surface area contributed by atoms with E-state index in [0.717, 1.165) is 25.2 Å². The normalized spacial score (nSPS) is 11.1. The number of aliphatic hydroxyl groups excluding tert-OH is 1. The van der Waals surface area contributed by atoms with Gasteiger partial charge in [-0.25, -0.2) is 4.98 Å². The Morgan fingerprint density at radius 2 is 2.05 bits per heavy atom. The van der Waals surface area contributed by atoms with E-state index in [-0.39, 0.29) is 6.61 Å². The van der Waals surface area contributed by atoms with Gasteiger partial charge in [0.15, 0.2) is 0 Å². The molecule has 19 heavy (non-hydrogen) atoms. The highest BCUT2D eigenvalue weighted by Crippen LogP contribution is 2.22. The van der Waals surface area contributed by atoms with Crippen LogP contribution in [0.5, 0.6) is 0 Å². The molecule has 0 spiro atoms. The third-order valence-electron chi connectivity index (χ3n) is 3.27. The number of ether oxygens (including phenoxy) is 1. The predicted octanol–water partition coefficient (Wildman–Crippen LogP) is 2.87. The van der Waals surface area contributed by atoms with Gasteiger partial charge in [0, 0.05) is 19.7 Å². The number of pyridine rings is 1. The van der Waals surface area contributed by atoms with Crippen molar-refractivity contribution in [3.05, 3.63) is 22.8 Å². The lowest BCUT2D eigenvalue weighted by molar-refractivity contribution is 0.202. The molecule has 0 aliphatic heterocycles. The van der Waals surface area contributed by atoms with Crippen molar-refractivity contribution in [3.63, 3.8) is 0 Å². The van der Waals surface area contributed by atoms with Gasteiger partial charge in [-0.05, 0) is 25.0 Å². The van der Waals surface area contributed by atoms with Crippen molar-refractivity contribution in [1.82, 2.24) is 4.98 Å². The summed E-state index contributed by atoms with van der Waals surface area (Å²) < 4.78 is 5.17. The van der Waals surface area contributed by atoms with Crippen LogP contribution in [0.25, 0.3) is 0 Å². The molecule has 5 heteroatoms. The van der Waals surface area contributed by atoms with Crippen LogP contribution in [0.1, 0.15) is 32.4 Å². The second-order valence-electron chi connectivity index (χ2n) is 4.41. The molecule has 1 aromatic rings. The number of hydrogen-bond donors (Lipinski definition) is 1. The zero-order valence-electron chi connectivity index (χ0n) is 11.9. The van der Waals surface area contributed by atoms with Crippen LogP contribution in [0.4, 0.5) is 5.82 Å². The number of aromatic nitrogens is 1. The van der Waals surface area contributed by atoms with Gasteiger partial charge in [-0.15, -0.1) is 0 Å². The maximum absolute atomic E-state index is 9.26. The van der Waals surface area contributed by atoms with Crippen molar-refractivity contribution < 1.29 is 9.84 Å². The van der Waals surface area contributed by atoms with E-state index < -0.39 is 0 Å². The molecule has 0 aromatic carbocycles. The molecule has 0 saturated heterocycles. The number of nitrogens with zero attached hydrogens (tertiary/aromatic N) is 2. The number of rotatable bonds is 8. The first-order chi connectivity index (χ1) is 9.17. The van der Waals surface area contributed by atoms with Gasteiger partial charge in [0.05, 0.1) is 23.9 Å². The largest absolute Gasteiger partial charge is 0.390 e. The Kier molecular flexibility index (Phi) is 7.13. The number of anilines is 1. The Hall–Kier alpha value is -0.840. The van der Waals surface area contributed by atoms with Gasteiger partial charge in [0.25, 0.3) is 0 Å². The summed E-state index contributed by atoms with van der Waals surface area (Å²) in [5.74, 6) is 0.846. The van der Waals surface area contributed by atoms with Gasteiger partial charge < -0.3 is 14.7 Å². The first-order valence-electron chi connectivity index (χ1n) is 6.69. The van der Waals surface area contributed by atoms with E-state index in [1.54, 1.807) is 13.2 Å². The van der Waals surface area contributed by atoms with Crippen LogP contribution in [0.15, 0.2) is 12.1 Å². The highest BCUT2D eigenvalue weighted by Gasteiger charge is 2.17. The van der Waals surface area contributed by atoms with Crippen molar-refractivity contribution in [2.45, 2.75) is 39.3 Å². The number of aliphatic hydroxyl groups is 1. The van der Waals surface area contributed by atoms with E-state index in [0.29, 0.717) is 23.4 Å². The van der Waals surface area contributed by atoms with Crippen LogP contribution in [0.3, 0.4) is 0 Å². The molecule has 1 rings (SSSR count). The van der Waals surface area contributed by atoms with E-state index in [1.165, 1.54) is 0 Å². The molecule has 1 N–H and O–H groups in total. The van der Waals surface area contributed by atoms with Crippen molar-refractivity contribution in [2.24, 2.45) is 0 Å². The van der Waals surface area contributed by atoms with Gasteiger partial charge in [0.2, 0.25) is 0 Å². The fraction of sp³-hybridized carbons (Fsp3) is 0.643. The molecule has 0 saturated carbocycles. The summed E-state index contributed by atoms with van der Waals surface area (Å²) in [6.07, 6.45) is 2.08. The molecule has 0 radical (unpaired) electrons. The van der Waals surface area contributed by atoms with Crippen molar-refractivity contribution in [1.29, 1.82) is 0 Å². The Labute approximate surface area is 120 Å². The van der Waals surface area contributed by atoms with Crippen LogP contribution in [0, 0.1) is 0 Å². The topological polar surface area (TPSA) is 45.6 Å². The standard InChI is InChI=1S/C14H23ClN2O2/c1-4-11(5-2)17(8-9-19-3)14-7-6-12(15)13(10-18)16-14/h6-7,11,18H,4-5,8-10H2,1-3H3. The summed E-state index contributed by atoms with van der Waals surface area (Å²) in [4.78, 5) is 6.67. The summed E-state index contributed by atoms with van der Waals surface area (Å²) in [5.41, 5.74) is 0.521. The summed E-state index contributed by atoms with van der Waals surface area (Å²) in [6, 6.07) is 4.10. The third kappa shape index (κ3) is 4.34. The first-order valence-corrected chi connectivity index (χ1v) is 7.07. The molecular weight excluding hydrogens is 264 g/mol. The lowest BCUT2D eigenvalue weighted by atomic mass is 10.1. The van der Waals surface area contributed by atoms with Crippen molar-refractivity contribution >= 4 is 17.4 Å². The second-order valence-corrected chi connectivity index (χ2v) is 4.82. The Morgan fingerprint density at radius 1 is 1.37 bits per heavy atom. The van der Waals surface area contributed by atoms with Crippen LogP contribution in [-0.4, -0.2) is 36.4 Å². The maximum Gasteiger partial charge on any atom is 0.129 e. The molecule has 0 aliphatic rings. The minimum Gasteiger partial charge on any atom is -0.390 e. The predicted molar refractivity (Wildman–Crippen MR) is 78.8 cm³/mol. The average molecular weight is 287 g/mol. The monoisotopic (exact) mass is 286 g/mol. The van der Waals surface area contributed by atoms with Crippen molar-refractivity contribution in [3.8, 4) is 0 Å². The quantitative estimate of drug-likeness (QED) is 0.798. The number of methoxy groups -OCH3 is 1. The highest BCUT2D eigenvalue weighted by atomic mass is 35.5. The Bertz CT molecular complexity index is 384. The minimum atomic E-state index is -0.145. The van der Waals surface area contributed by atoms with Crippen LogP contribution >= 0.6 is 11.6 Å². The first kappa shape index (κ1) is 16.2. The van der Waals surface area contributed by atoms with E-state index in [1.807, 2.05) is 6.07 Å². The highest BCUT2D eigenvalue weighted by molar-refractivity contribution is 6.31. The van der Waals surface area contributed by atoms with E-state index in [2.05, 4.69) is 23.7 Å². The summed E-state index contributed by atoms with van der Waals surface area (Å²) in [5, 5.41) is 9.77. The van der Waals surface area contributed by atoms with Crippen LogP contribution in [-0.2, 0) is 11.3 Å². The Balaban J connectivity index is 3.01. The van der Waals surface area contributed by atoms with E-state index in [4.69, 9.17) is 16.3 Å². The molecule has 0 amide bonds. The van der Waals surface area contributed by atoms with Crippen LogP contribution < -0.4 is 4.90 Å².